The first kappa shape index (κ1) is 7.22. The Balaban J connectivity index is 2.51. The molecule has 1 saturated heterocycles. The van der Waals surface area contributed by atoms with Crippen molar-refractivity contribution in [1.29, 1.82) is 0 Å². The first-order chi connectivity index (χ1) is 4.22. The van der Waals surface area contributed by atoms with Gasteiger partial charge in [0.15, 0.2) is 0 Å². The molecule has 1 heterocycles. The number of nitrogens with one attached hydrogen (secondary N) is 1. The highest BCUT2D eigenvalue weighted by Gasteiger charge is 2.22. The predicted molar refractivity (Wildman–Crippen MR) is 39.9 cm³/mol. The summed E-state index contributed by atoms with van der Waals surface area (Å²) in [5.74, 6) is 0.825. The summed E-state index contributed by atoms with van der Waals surface area (Å²) in [6.07, 6.45) is 0. The molecule has 0 amide bonds. The molecule has 1 aliphatic heterocycles. The lowest BCUT2D eigenvalue weighted by atomic mass is 10.2. The normalized spacial score (nSPS) is 44.9. The molecule has 1 N–H and O–H groups in total. The van der Waals surface area contributed by atoms with Crippen molar-refractivity contribution in [3.8, 4) is 0 Å². The van der Waals surface area contributed by atoms with Crippen LogP contribution in [-0.4, -0.2) is 27.8 Å². The Morgan fingerprint density at radius 2 is 2.22 bits per heavy atom. The highest BCUT2D eigenvalue weighted by atomic mass is 32.2. The third kappa shape index (κ3) is 1.52. The zero-order chi connectivity index (χ0) is 6.85. The van der Waals surface area contributed by atoms with E-state index < -0.39 is 10.8 Å². The number of hydrogen-bond donors (Lipinski definition) is 1. The molecule has 0 aromatic carbocycles. The van der Waals surface area contributed by atoms with E-state index in [9.17, 15) is 4.21 Å². The van der Waals surface area contributed by atoms with Gasteiger partial charge in [-0.15, -0.1) is 0 Å². The topological polar surface area (TPSA) is 29.1 Å². The van der Waals surface area contributed by atoms with E-state index >= 15 is 0 Å². The van der Waals surface area contributed by atoms with E-state index in [0.717, 1.165) is 12.3 Å². The van der Waals surface area contributed by atoms with Crippen molar-refractivity contribution in [3.63, 3.8) is 0 Å². The second-order valence-electron chi connectivity index (χ2n) is 2.53. The van der Waals surface area contributed by atoms with E-state index in [1.165, 1.54) is 0 Å². The molecule has 1 rings (SSSR count). The molecular formula is C6H13NOS. The maximum Gasteiger partial charge on any atom is 0.0470 e. The lowest BCUT2D eigenvalue weighted by molar-refractivity contribution is 0.528. The van der Waals surface area contributed by atoms with Gasteiger partial charge in [-0.05, 0) is 13.8 Å². The van der Waals surface area contributed by atoms with Crippen LogP contribution >= 0.6 is 0 Å². The molecule has 0 aliphatic carbocycles. The third-order valence-corrected chi connectivity index (χ3v) is 3.73. The summed E-state index contributed by atoms with van der Waals surface area (Å²) in [5.41, 5.74) is 0. The highest BCUT2D eigenvalue weighted by Crippen LogP contribution is 2.05. The highest BCUT2D eigenvalue weighted by molar-refractivity contribution is 7.85. The summed E-state index contributed by atoms with van der Waals surface area (Å²) in [6, 6.07) is 0.430. The van der Waals surface area contributed by atoms with Gasteiger partial charge in [-0.25, -0.2) is 0 Å². The summed E-state index contributed by atoms with van der Waals surface area (Å²) in [5, 5.41) is 3.60. The first-order valence-corrected chi connectivity index (χ1v) is 4.70. The first-order valence-electron chi connectivity index (χ1n) is 3.32. The minimum Gasteiger partial charge on any atom is -0.312 e. The van der Waals surface area contributed by atoms with Gasteiger partial charge in [-0.3, -0.25) is 4.21 Å². The fourth-order valence-electron chi connectivity index (χ4n) is 0.967. The van der Waals surface area contributed by atoms with Gasteiger partial charge in [0, 0.05) is 34.4 Å². The Morgan fingerprint density at radius 1 is 1.56 bits per heavy atom. The summed E-state index contributed by atoms with van der Waals surface area (Å²) in [4.78, 5) is 0. The molecule has 0 aromatic heterocycles. The van der Waals surface area contributed by atoms with Crippen molar-refractivity contribution in [3.05, 3.63) is 0 Å². The SMILES string of the molecule is C[C@@H]1NCCS(=O)[C@H]1C. The van der Waals surface area contributed by atoms with Crippen LogP contribution in [0.3, 0.4) is 0 Å². The van der Waals surface area contributed by atoms with Gasteiger partial charge in [0.1, 0.15) is 0 Å². The van der Waals surface area contributed by atoms with Crippen LogP contribution in [-0.2, 0) is 10.8 Å². The molecule has 3 atom stereocenters. The average molecular weight is 147 g/mol. The van der Waals surface area contributed by atoms with E-state index in [1.807, 2.05) is 6.92 Å². The Kier molecular flexibility index (Phi) is 2.24. The third-order valence-electron chi connectivity index (χ3n) is 1.89. The zero-order valence-corrected chi connectivity index (χ0v) is 6.70. The molecule has 1 fully saturated rings. The van der Waals surface area contributed by atoms with Crippen molar-refractivity contribution in [1.82, 2.24) is 5.32 Å². The van der Waals surface area contributed by atoms with Crippen molar-refractivity contribution in [2.45, 2.75) is 25.1 Å². The molecule has 1 aliphatic rings. The molecule has 0 spiro atoms. The van der Waals surface area contributed by atoms with Crippen molar-refractivity contribution in [2.24, 2.45) is 0 Å². The maximum absolute atomic E-state index is 11.1. The van der Waals surface area contributed by atoms with Gasteiger partial charge in [0.25, 0.3) is 0 Å². The quantitative estimate of drug-likeness (QED) is 0.527. The van der Waals surface area contributed by atoms with Crippen LogP contribution in [0.4, 0.5) is 0 Å². The standard InChI is InChI=1S/C6H13NOS/c1-5-6(2)9(8)4-3-7-5/h5-7H,3-4H2,1-2H3/t5-,6-,9?/m0/s1. The van der Waals surface area contributed by atoms with Crippen LogP contribution in [0.15, 0.2) is 0 Å². The van der Waals surface area contributed by atoms with Crippen LogP contribution < -0.4 is 5.32 Å². The molecule has 3 heteroatoms. The van der Waals surface area contributed by atoms with E-state index in [2.05, 4.69) is 12.2 Å². The minimum atomic E-state index is -0.578. The maximum atomic E-state index is 11.1. The average Bonchev–Trinajstić information content (AvgIpc) is 1.83. The van der Waals surface area contributed by atoms with Crippen molar-refractivity contribution >= 4 is 10.8 Å². The largest absolute Gasteiger partial charge is 0.312 e. The molecule has 0 saturated carbocycles. The Bertz CT molecular complexity index is 126. The second-order valence-corrected chi connectivity index (χ2v) is 4.45. The van der Waals surface area contributed by atoms with Crippen LogP contribution in [0.2, 0.25) is 0 Å². The smallest absolute Gasteiger partial charge is 0.0470 e. The zero-order valence-electron chi connectivity index (χ0n) is 5.89. The van der Waals surface area contributed by atoms with Crippen LogP contribution in [0.1, 0.15) is 13.8 Å². The lowest BCUT2D eigenvalue weighted by Crippen LogP contribution is -2.46. The summed E-state index contributed by atoms with van der Waals surface area (Å²) >= 11 is 0. The van der Waals surface area contributed by atoms with Crippen molar-refractivity contribution < 1.29 is 4.21 Å². The Hall–Kier alpha value is 0.110. The molecule has 1 unspecified atom stereocenters. The van der Waals surface area contributed by atoms with Crippen LogP contribution in [0.25, 0.3) is 0 Å². The Morgan fingerprint density at radius 3 is 2.67 bits per heavy atom. The minimum absolute atomic E-state index is 0.332. The molecule has 0 aromatic rings. The van der Waals surface area contributed by atoms with E-state index in [0.29, 0.717) is 11.3 Å². The van der Waals surface area contributed by atoms with E-state index in [1.54, 1.807) is 0 Å². The number of hydrogen-bond acceptors (Lipinski definition) is 2. The summed E-state index contributed by atoms with van der Waals surface area (Å²) in [7, 11) is -0.578. The molecule has 0 bridgehead atoms. The fourth-order valence-corrected chi connectivity index (χ4v) is 2.21. The number of rotatable bonds is 0. The van der Waals surface area contributed by atoms with Crippen LogP contribution in [0, 0.1) is 0 Å². The van der Waals surface area contributed by atoms with Gasteiger partial charge in [-0.1, -0.05) is 0 Å². The molecule has 9 heavy (non-hydrogen) atoms. The molecular weight excluding hydrogens is 134 g/mol. The van der Waals surface area contributed by atoms with Gasteiger partial charge < -0.3 is 5.32 Å². The predicted octanol–water partition coefficient (Wildman–Crippen LogP) is 0.115. The molecule has 2 nitrogen and oxygen atoms in total. The van der Waals surface area contributed by atoms with Gasteiger partial charge in [0.05, 0.1) is 0 Å². The van der Waals surface area contributed by atoms with E-state index in [-0.39, 0.29) is 0 Å². The Labute approximate surface area is 58.5 Å². The summed E-state index contributed by atoms with van der Waals surface area (Å²) in [6.45, 7) is 5.03. The second kappa shape index (κ2) is 2.80. The molecule has 54 valence electrons. The van der Waals surface area contributed by atoms with Gasteiger partial charge in [0.2, 0.25) is 0 Å². The van der Waals surface area contributed by atoms with E-state index in [4.69, 9.17) is 0 Å². The van der Waals surface area contributed by atoms with Gasteiger partial charge >= 0.3 is 0 Å². The molecule has 0 radical (unpaired) electrons. The van der Waals surface area contributed by atoms with Crippen molar-refractivity contribution in [2.75, 3.05) is 12.3 Å². The van der Waals surface area contributed by atoms with Crippen LogP contribution in [0.5, 0.6) is 0 Å². The lowest BCUT2D eigenvalue weighted by Gasteiger charge is -2.25. The fraction of sp³-hybridized carbons (Fsp3) is 1.00. The van der Waals surface area contributed by atoms with Gasteiger partial charge in [-0.2, -0.15) is 0 Å². The summed E-state index contributed by atoms with van der Waals surface area (Å²) < 4.78 is 11.1. The monoisotopic (exact) mass is 147 g/mol.